The zero-order valence-electron chi connectivity index (χ0n) is 44.1. The lowest BCUT2D eigenvalue weighted by atomic mass is 10.0. The Morgan fingerprint density at radius 2 is 0.718 bits per heavy atom. The molecule has 2 aliphatic heterocycles. The van der Waals surface area contributed by atoms with E-state index in [2.05, 4.69) is 62.4 Å². The Morgan fingerprint density at radius 1 is 0.385 bits per heavy atom. The van der Waals surface area contributed by atoms with E-state index in [1.54, 1.807) is 103 Å². The van der Waals surface area contributed by atoms with Crippen LogP contribution in [0, 0.1) is 0 Å². The molecule has 20 heteroatoms. The number of aryl methyl sites for hydroxylation is 2. The number of nitrogens with zero attached hydrogens (tertiary/aromatic N) is 6. The summed E-state index contributed by atoms with van der Waals surface area (Å²) >= 11 is 13.6. The lowest BCUT2D eigenvalue weighted by Crippen LogP contribution is -2.52. The molecule has 2 aliphatic rings. The third-order valence-corrected chi connectivity index (χ3v) is 23.9. The van der Waals surface area contributed by atoms with Gasteiger partial charge in [-0.1, -0.05) is 78.1 Å². The van der Waals surface area contributed by atoms with Crippen LogP contribution >= 0.6 is 90.7 Å². The van der Waals surface area contributed by atoms with E-state index in [0.717, 1.165) is 128 Å². The highest BCUT2D eigenvalue weighted by molar-refractivity contribution is 7.35. The molecule has 0 atom stereocenters. The second-order valence-corrected chi connectivity index (χ2v) is 28.5. The molecule has 402 valence electrons. The van der Waals surface area contributed by atoms with E-state index < -0.39 is 35.7 Å². The van der Waals surface area contributed by atoms with Gasteiger partial charge in [-0.25, -0.2) is 19.6 Å². The lowest BCUT2D eigenvalue weighted by Gasteiger charge is -2.28. The van der Waals surface area contributed by atoms with Crippen molar-refractivity contribution in [2.45, 2.75) is 104 Å². The molecule has 0 radical (unpaired) electrons. The molecule has 0 aliphatic carbocycles. The summed E-state index contributed by atoms with van der Waals surface area (Å²) < 4.78 is 6.94. The summed E-state index contributed by atoms with van der Waals surface area (Å²) in [6.07, 6.45) is 19.3. The first-order valence-electron chi connectivity index (χ1n) is 26.4. The fourth-order valence-electron chi connectivity index (χ4n) is 9.92. The van der Waals surface area contributed by atoms with Gasteiger partial charge in [-0.15, -0.1) is 90.7 Å². The molecule has 8 amide bonds. The molecule has 0 saturated carbocycles. The van der Waals surface area contributed by atoms with Gasteiger partial charge in [0.05, 0.1) is 30.2 Å². The van der Waals surface area contributed by atoms with Crippen LogP contribution in [-0.2, 0) is 32.0 Å². The number of amides is 8. The van der Waals surface area contributed by atoms with Crippen LogP contribution in [0.25, 0.3) is 90.7 Å². The van der Waals surface area contributed by atoms with Gasteiger partial charge in [-0.3, -0.25) is 38.8 Å². The van der Waals surface area contributed by atoms with Crippen LogP contribution in [0.3, 0.4) is 0 Å². The van der Waals surface area contributed by atoms with E-state index in [1.165, 1.54) is 109 Å². The molecule has 11 rings (SSSR count). The topological polar surface area (TPSA) is 141 Å². The van der Waals surface area contributed by atoms with Gasteiger partial charge >= 0.3 is 12.1 Å². The smallest absolute Gasteiger partial charge is 0.268 e. The average Bonchev–Trinajstić information content (AvgIpc) is 4.32. The summed E-state index contributed by atoms with van der Waals surface area (Å²) in [6.45, 7) is 4.45. The van der Waals surface area contributed by atoms with Gasteiger partial charge in [-0.05, 0) is 97.5 Å². The first kappa shape index (κ1) is 54.4. The summed E-state index contributed by atoms with van der Waals surface area (Å²) in [5.41, 5.74) is 4.33. The van der Waals surface area contributed by atoms with Gasteiger partial charge in [0.1, 0.15) is 21.2 Å². The summed E-state index contributed by atoms with van der Waals surface area (Å²) in [7, 11) is 5.62. The number of unbranched alkanes of at least 4 members (excludes halogenated alkanes) is 10. The number of carbonyl (C=O) groups excluding carboxylic acids is 6. The van der Waals surface area contributed by atoms with Crippen molar-refractivity contribution in [2.75, 3.05) is 28.2 Å². The number of imide groups is 4. The molecule has 0 N–H and O–H groups in total. The Hall–Kier alpha value is -5.58. The summed E-state index contributed by atoms with van der Waals surface area (Å²) in [6, 6.07) is 16.3. The molecule has 2 saturated heterocycles. The lowest BCUT2D eigenvalue weighted by molar-refractivity contribution is -0.135. The number of urea groups is 2. The van der Waals surface area contributed by atoms with Crippen LogP contribution in [0.5, 0.6) is 0 Å². The van der Waals surface area contributed by atoms with Crippen molar-refractivity contribution in [1.82, 2.24) is 29.6 Å². The molecule has 8 aromatic heterocycles. The molecule has 9 aromatic rings. The number of hydrogen-bond donors (Lipinski definition) is 0. The maximum absolute atomic E-state index is 13.1. The maximum atomic E-state index is 13.1. The van der Waals surface area contributed by atoms with E-state index in [-0.39, 0.29) is 11.1 Å². The normalized spacial score (nSPS) is 14.7. The number of benzene rings is 1. The number of hydrogen-bond acceptors (Lipinski definition) is 16. The van der Waals surface area contributed by atoms with E-state index >= 15 is 0 Å². The molecular formula is C58H56N6O6S8. The van der Waals surface area contributed by atoms with Gasteiger partial charge in [0, 0.05) is 76.3 Å². The fourth-order valence-corrected chi connectivity index (χ4v) is 19.3. The highest BCUT2D eigenvalue weighted by atomic mass is 32.1. The van der Waals surface area contributed by atoms with Crippen molar-refractivity contribution in [3.63, 3.8) is 0 Å². The minimum Gasteiger partial charge on any atom is -0.268 e. The van der Waals surface area contributed by atoms with Crippen molar-refractivity contribution < 1.29 is 28.8 Å². The number of fused-ring (bicyclic) bond motifs is 4. The quantitative estimate of drug-likeness (QED) is 0.0417. The number of likely N-dealkylation sites (N-methyl/N-ethyl adjacent to an activating group) is 4. The largest absolute Gasteiger partial charge is 0.333 e. The second kappa shape index (κ2) is 22.9. The zero-order chi connectivity index (χ0) is 54.5. The van der Waals surface area contributed by atoms with Crippen molar-refractivity contribution in [2.24, 2.45) is 0 Å². The van der Waals surface area contributed by atoms with Gasteiger partial charge in [0.25, 0.3) is 23.6 Å². The number of thiophene rings is 6. The highest BCUT2D eigenvalue weighted by Gasteiger charge is 2.39. The maximum Gasteiger partial charge on any atom is 0.333 e. The van der Waals surface area contributed by atoms with Crippen molar-refractivity contribution >= 4 is 178 Å². The Labute approximate surface area is 484 Å². The molecule has 10 heterocycles. The molecule has 0 unspecified atom stereocenters. The highest BCUT2D eigenvalue weighted by Crippen LogP contribution is 2.49. The molecule has 1 aromatic carbocycles. The minimum atomic E-state index is -0.630. The van der Waals surface area contributed by atoms with Crippen LogP contribution < -0.4 is 0 Å². The second-order valence-electron chi connectivity index (χ2n) is 19.9. The zero-order valence-corrected chi connectivity index (χ0v) is 50.6. The number of barbiturate groups is 2. The third-order valence-electron chi connectivity index (χ3n) is 14.3. The first-order valence-corrected chi connectivity index (χ1v) is 32.9. The fraction of sp³-hybridized carbons (Fsp3) is 0.345. The third kappa shape index (κ3) is 10.7. The summed E-state index contributed by atoms with van der Waals surface area (Å²) in [5, 5.41) is 1.96. The Balaban J connectivity index is 0.823. The van der Waals surface area contributed by atoms with Gasteiger partial charge in [-0.2, -0.15) is 0 Å². The van der Waals surface area contributed by atoms with Gasteiger partial charge in [0.15, 0.2) is 0 Å². The van der Waals surface area contributed by atoms with Crippen molar-refractivity contribution in [1.29, 1.82) is 0 Å². The standard InChI is InChI=1S/C58H56N6O6S8/c1-7-9-11-13-15-17-19-31-21-33(23-35-53(65)61(3)57(69)62(4)54(35)66)71-49(31)45-27-41-43(73-45)29-47(75-41)51-59-37-25-40-38(26-39(37)77-51)60-52(78-40)48-30-44-42(76-48)28-46(74-44)50-32(20-18-16-14-12-10-8-2)22-34(72-50)24-36-55(67)63(5)58(70)64(6)56(36)68/h21-30H,7-20H2,1-6H3. The number of thiazole rings is 2. The van der Waals surface area contributed by atoms with Gasteiger partial charge in [0.2, 0.25) is 0 Å². The summed E-state index contributed by atoms with van der Waals surface area (Å²) in [5.74, 6) is -2.34. The molecule has 0 spiro atoms. The van der Waals surface area contributed by atoms with E-state index in [9.17, 15) is 28.8 Å². The van der Waals surface area contributed by atoms with Crippen LogP contribution in [0.15, 0.2) is 59.7 Å². The van der Waals surface area contributed by atoms with Gasteiger partial charge < -0.3 is 0 Å². The molecule has 0 bridgehead atoms. The Morgan fingerprint density at radius 3 is 1.09 bits per heavy atom. The number of aromatic nitrogens is 2. The number of carbonyl (C=O) groups is 6. The van der Waals surface area contributed by atoms with E-state index in [1.807, 2.05) is 0 Å². The minimum absolute atomic E-state index is 0.00572. The first-order chi connectivity index (χ1) is 37.7. The molecule has 12 nitrogen and oxygen atoms in total. The van der Waals surface area contributed by atoms with Crippen LogP contribution in [0.2, 0.25) is 0 Å². The SMILES string of the molecule is CCCCCCCCc1cc(C=C2C(=O)N(C)C(=O)N(C)C2=O)sc1-c1cc2sc(-c3nc4cc5sc(-c6cc7sc(-c8sc(C=C9C(=O)N(C)C(=O)N(C)C9=O)cc8CCCCCCCC)cc7s6)nc5cc4s3)cc2s1. The average molecular weight is 1190 g/mol. The Kier molecular flexibility index (Phi) is 16.0. The Bertz CT molecular complexity index is 3510. The van der Waals surface area contributed by atoms with Crippen LogP contribution in [-0.4, -0.2) is 93.4 Å². The van der Waals surface area contributed by atoms with Crippen LogP contribution in [0.1, 0.15) is 112 Å². The molecular weight excluding hydrogens is 1130 g/mol. The van der Waals surface area contributed by atoms with E-state index in [4.69, 9.17) is 9.97 Å². The van der Waals surface area contributed by atoms with Crippen LogP contribution in [0.4, 0.5) is 9.59 Å². The predicted molar refractivity (Wildman–Crippen MR) is 329 cm³/mol. The summed E-state index contributed by atoms with van der Waals surface area (Å²) in [4.78, 5) is 100. The van der Waals surface area contributed by atoms with Crippen molar-refractivity contribution in [3.05, 3.63) is 80.6 Å². The van der Waals surface area contributed by atoms with Crippen molar-refractivity contribution in [3.8, 4) is 39.3 Å². The monoisotopic (exact) mass is 1190 g/mol. The predicted octanol–water partition coefficient (Wildman–Crippen LogP) is 16.9. The number of rotatable bonds is 20. The molecule has 78 heavy (non-hydrogen) atoms. The van der Waals surface area contributed by atoms with E-state index in [0.29, 0.717) is 0 Å². The molecule has 2 fully saturated rings.